The minimum Gasteiger partial charge on any atom is -0.294 e. The molecule has 1 heteroatoms. The molecule has 0 fully saturated rings. The van der Waals surface area contributed by atoms with Crippen LogP contribution in [0.25, 0.3) is 11.6 Å². The van der Waals surface area contributed by atoms with Crippen LogP contribution in [0.3, 0.4) is 0 Å². The smallest absolute Gasteiger partial charge is 0.164 e. The Hall–Kier alpha value is -2.93. The predicted molar refractivity (Wildman–Crippen MR) is 114 cm³/mol. The maximum atomic E-state index is 13.0. The van der Waals surface area contributed by atoms with Crippen LogP contribution in [0.1, 0.15) is 42.5 Å². The lowest BCUT2D eigenvalue weighted by Crippen LogP contribution is -2.33. The van der Waals surface area contributed by atoms with Gasteiger partial charge in [-0.3, -0.25) is 4.79 Å². The van der Waals surface area contributed by atoms with E-state index >= 15 is 0 Å². The normalized spacial score (nSPS) is 16.7. The molecule has 0 heterocycles. The molecular weight excluding hydrogens is 340 g/mol. The molecule has 0 spiro atoms. The molecule has 0 atom stereocenters. The minimum atomic E-state index is -0.0624. The van der Waals surface area contributed by atoms with Gasteiger partial charge in [-0.15, -0.1) is 0 Å². The van der Waals surface area contributed by atoms with Crippen molar-refractivity contribution in [3.05, 3.63) is 104 Å². The van der Waals surface area contributed by atoms with Gasteiger partial charge >= 0.3 is 0 Å². The summed E-state index contributed by atoms with van der Waals surface area (Å²) in [5.41, 5.74) is 5.80. The van der Waals surface area contributed by atoms with Crippen LogP contribution in [0.15, 0.2) is 60.7 Å². The predicted octanol–water partition coefficient (Wildman–Crippen LogP) is 4.07. The van der Waals surface area contributed by atoms with Crippen LogP contribution >= 0.6 is 0 Å². The molecule has 138 valence electrons. The Labute approximate surface area is 165 Å². The van der Waals surface area contributed by atoms with E-state index in [2.05, 4.69) is 81.4 Å². The largest absolute Gasteiger partial charge is 0.294 e. The van der Waals surface area contributed by atoms with Crippen LogP contribution in [0.2, 0.25) is 0 Å². The van der Waals surface area contributed by atoms with Crippen molar-refractivity contribution in [1.82, 2.24) is 0 Å². The van der Waals surface area contributed by atoms with E-state index in [-0.39, 0.29) is 11.2 Å². The Morgan fingerprint density at radius 1 is 0.821 bits per heavy atom. The van der Waals surface area contributed by atoms with E-state index in [1.165, 1.54) is 32.3 Å². The average molecular weight is 364 g/mol. The van der Waals surface area contributed by atoms with Crippen molar-refractivity contribution in [3.8, 4) is 0 Å². The number of benzene rings is 3. The molecule has 0 aliphatic heterocycles. The molecule has 2 aliphatic rings. The second-order valence-electron chi connectivity index (χ2n) is 8.64. The summed E-state index contributed by atoms with van der Waals surface area (Å²) in [4.78, 5) is 13.0. The first kappa shape index (κ1) is 17.2. The number of fused-ring (bicyclic) bond motifs is 4. The molecule has 0 aromatic heterocycles. The van der Waals surface area contributed by atoms with Crippen molar-refractivity contribution >= 4 is 17.4 Å². The maximum absolute atomic E-state index is 13.0. The van der Waals surface area contributed by atoms with E-state index in [0.29, 0.717) is 6.42 Å². The van der Waals surface area contributed by atoms with Crippen LogP contribution < -0.4 is 10.4 Å². The van der Waals surface area contributed by atoms with Crippen LogP contribution in [0.4, 0.5) is 0 Å². The highest BCUT2D eigenvalue weighted by molar-refractivity contribution is 6.21. The molecule has 1 nitrogen and oxygen atoms in total. The zero-order valence-corrected chi connectivity index (χ0v) is 16.7. The van der Waals surface area contributed by atoms with Gasteiger partial charge in [-0.05, 0) is 50.9 Å². The highest BCUT2D eigenvalue weighted by Crippen LogP contribution is 2.33. The van der Waals surface area contributed by atoms with Gasteiger partial charge in [0.15, 0.2) is 5.78 Å². The number of rotatable bonds is 1. The second-order valence-corrected chi connectivity index (χ2v) is 8.64. The summed E-state index contributed by atoms with van der Waals surface area (Å²) in [5, 5.41) is 5.05. The first-order valence-electron chi connectivity index (χ1n) is 10.0. The van der Waals surface area contributed by atoms with E-state index in [1.54, 1.807) is 0 Å². The van der Waals surface area contributed by atoms with Gasteiger partial charge in [0.05, 0.1) is 0 Å². The molecule has 0 saturated heterocycles. The number of Topliss-reactive ketones (excluding diaryl/α,β-unsaturated/α-hetero) is 1. The summed E-state index contributed by atoms with van der Waals surface area (Å²) in [5.74, 6) is 0.260. The first-order valence-corrected chi connectivity index (χ1v) is 10.0. The lowest BCUT2D eigenvalue weighted by atomic mass is 9.73. The first-order chi connectivity index (χ1) is 13.5. The molecule has 0 bridgehead atoms. The van der Waals surface area contributed by atoms with Crippen molar-refractivity contribution in [2.24, 2.45) is 0 Å². The molecule has 28 heavy (non-hydrogen) atoms. The Kier molecular flexibility index (Phi) is 3.71. The van der Waals surface area contributed by atoms with E-state index in [4.69, 9.17) is 0 Å². The molecule has 0 saturated carbocycles. The van der Waals surface area contributed by atoms with Crippen LogP contribution in [-0.2, 0) is 16.6 Å². The average Bonchev–Trinajstić information content (AvgIpc) is 2.67. The summed E-state index contributed by atoms with van der Waals surface area (Å²) in [7, 11) is 0. The Bertz CT molecular complexity index is 1360. The van der Waals surface area contributed by atoms with Gasteiger partial charge < -0.3 is 0 Å². The molecule has 2 aliphatic carbocycles. The summed E-state index contributed by atoms with van der Waals surface area (Å²) < 4.78 is 0. The van der Waals surface area contributed by atoms with Gasteiger partial charge in [0, 0.05) is 17.4 Å². The molecule has 3 aromatic rings. The SMILES string of the molecule is Cc1cccc(C2=c3ccc4c(c3CCC2=O)C(C)(C)C=c2ccccc2=4)c1. The second kappa shape index (κ2) is 6.04. The van der Waals surface area contributed by atoms with Gasteiger partial charge in [-0.25, -0.2) is 0 Å². The van der Waals surface area contributed by atoms with Crippen molar-refractivity contribution in [3.63, 3.8) is 0 Å². The van der Waals surface area contributed by atoms with Gasteiger partial charge in [0.2, 0.25) is 0 Å². The highest BCUT2D eigenvalue weighted by atomic mass is 16.1. The molecule has 0 amide bonds. The fraction of sp³-hybridized carbons (Fsp3) is 0.222. The zero-order chi connectivity index (χ0) is 19.5. The van der Waals surface area contributed by atoms with Crippen LogP contribution in [-0.4, -0.2) is 5.78 Å². The van der Waals surface area contributed by atoms with E-state index in [9.17, 15) is 4.79 Å². The van der Waals surface area contributed by atoms with Gasteiger partial charge in [-0.1, -0.05) is 86.2 Å². The number of carbonyl (C=O) groups excluding carboxylic acids is 1. The van der Waals surface area contributed by atoms with Crippen LogP contribution in [0.5, 0.6) is 0 Å². The summed E-state index contributed by atoms with van der Waals surface area (Å²) in [6.07, 6.45) is 3.80. The lowest BCUT2D eigenvalue weighted by molar-refractivity contribution is -0.113. The number of aryl methyl sites for hydroxylation is 1. The number of ketones is 1. The van der Waals surface area contributed by atoms with Gasteiger partial charge in [0.25, 0.3) is 0 Å². The molecule has 3 aromatic carbocycles. The Balaban J connectivity index is 1.98. The topological polar surface area (TPSA) is 17.1 Å². The van der Waals surface area contributed by atoms with Crippen molar-refractivity contribution in [1.29, 1.82) is 0 Å². The van der Waals surface area contributed by atoms with Crippen molar-refractivity contribution < 1.29 is 4.79 Å². The summed E-state index contributed by atoms with van der Waals surface area (Å²) >= 11 is 0. The Morgan fingerprint density at radius 3 is 2.43 bits per heavy atom. The van der Waals surface area contributed by atoms with Crippen molar-refractivity contribution in [2.75, 3.05) is 0 Å². The third kappa shape index (κ3) is 2.50. The molecule has 5 rings (SSSR count). The molecule has 0 N–H and O–H groups in total. The fourth-order valence-corrected chi connectivity index (χ4v) is 5.06. The van der Waals surface area contributed by atoms with Crippen LogP contribution in [0, 0.1) is 17.4 Å². The van der Waals surface area contributed by atoms with E-state index < -0.39 is 0 Å². The molecule has 0 radical (unpaired) electrons. The number of carbonyl (C=O) groups is 1. The van der Waals surface area contributed by atoms with E-state index in [1.807, 2.05) is 6.07 Å². The molecular formula is C27H24O. The standard InChI is InChI=1S/C27H24O/c1-17-7-6-9-18(15-17)25-21-11-12-22-20-10-5-4-8-19(20)16-27(2,3)26(22)23(21)13-14-24(25)28/h4-12,15-16H,13-14H2,1-3H3. The third-order valence-corrected chi connectivity index (χ3v) is 6.18. The monoisotopic (exact) mass is 364 g/mol. The summed E-state index contributed by atoms with van der Waals surface area (Å²) in [6.45, 7) is 6.68. The maximum Gasteiger partial charge on any atom is 0.164 e. The van der Waals surface area contributed by atoms with Crippen molar-refractivity contribution in [2.45, 2.75) is 39.0 Å². The lowest BCUT2D eigenvalue weighted by Gasteiger charge is -2.30. The van der Waals surface area contributed by atoms with Gasteiger partial charge in [0.1, 0.15) is 0 Å². The highest BCUT2D eigenvalue weighted by Gasteiger charge is 2.29. The number of hydrogen-bond acceptors (Lipinski definition) is 1. The van der Waals surface area contributed by atoms with Gasteiger partial charge in [-0.2, -0.15) is 0 Å². The Morgan fingerprint density at radius 2 is 1.61 bits per heavy atom. The minimum absolute atomic E-state index is 0.0624. The quantitative estimate of drug-likeness (QED) is 0.636. The third-order valence-electron chi connectivity index (χ3n) is 6.18. The zero-order valence-electron chi connectivity index (χ0n) is 16.7. The fourth-order valence-electron chi connectivity index (χ4n) is 5.06. The number of hydrogen-bond donors (Lipinski definition) is 0. The molecule has 0 unspecified atom stereocenters. The summed E-state index contributed by atoms with van der Waals surface area (Å²) in [6, 6.07) is 21.4. The van der Waals surface area contributed by atoms with E-state index in [0.717, 1.165) is 22.8 Å².